The smallest absolute Gasteiger partial charge is 0.174 e. The molecule has 0 heterocycles. The zero-order valence-corrected chi connectivity index (χ0v) is 8.01. The fraction of sp³-hybridized carbons (Fsp3) is 0.400. The standard InChI is InChI=1S/C10H16NO2/c1-3-11(12,13)9(2)10-7-5-4-6-8-10/h4-9,12-13H,3H2,1-2H3/q+1. The molecule has 2 N–H and O–H groups in total. The van der Waals surface area contributed by atoms with E-state index in [1.807, 2.05) is 30.3 Å². The molecular formula is C10H16NO2+. The predicted octanol–water partition coefficient (Wildman–Crippen LogP) is 2.36. The summed E-state index contributed by atoms with van der Waals surface area (Å²) in [6, 6.07) is 9.15. The Balaban J connectivity index is 2.85. The second-order valence-electron chi connectivity index (χ2n) is 3.19. The van der Waals surface area contributed by atoms with E-state index in [-0.39, 0.29) is 12.6 Å². The lowest BCUT2D eigenvalue weighted by Crippen LogP contribution is -2.43. The van der Waals surface area contributed by atoms with Gasteiger partial charge in [0.05, 0.1) is 0 Å². The van der Waals surface area contributed by atoms with Crippen molar-refractivity contribution >= 4 is 0 Å². The summed E-state index contributed by atoms with van der Waals surface area (Å²) in [5.41, 5.74) is 0.925. The normalized spacial score (nSPS) is 14.2. The number of quaternary nitrogens is 1. The lowest BCUT2D eigenvalue weighted by molar-refractivity contribution is -1.26. The molecule has 1 rings (SSSR count). The Morgan fingerprint density at radius 3 is 2.23 bits per heavy atom. The van der Waals surface area contributed by atoms with E-state index in [4.69, 9.17) is 0 Å². The highest BCUT2D eigenvalue weighted by Crippen LogP contribution is 2.22. The SMILES string of the molecule is CC[N+](O)(O)C(C)c1ccccc1. The van der Waals surface area contributed by atoms with Crippen LogP contribution in [0.4, 0.5) is 0 Å². The lowest BCUT2D eigenvalue weighted by atomic mass is 10.1. The first-order valence-corrected chi connectivity index (χ1v) is 4.46. The molecule has 0 fully saturated rings. The molecule has 1 aromatic carbocycles. The third-order valence-electron chi connectivity index (χ3n) is 2.37. The summed E-state index contributed by atoms with van der Waals surface area (Å²) in [5, 5.41) is 19.1. The van der Waals surface area contributed by atoms with Gasteiger partial charge < -0.3 is 0 Å². The minimum absolute atomic E-state index is 0.274. The number of hydroxylamine groups is 4. The average Bonchev–Trinajstić information content (AvgIpc) is 2.18. The van der Waals surface area contributed by atoms with Gasteiger partial charge in [-0.2, -0.15) is 10.4 Å². The molecule has 0 radical (unpaired) electrons. The average molecular weight is 182 g/mol. The molecule has 0 aliphatic rings. The van der Waals surface area contributed by atoms with E-state index in [9.17, 15) is 10.4 Å². The van der Waals surface area contributed by atoms with Crippen LogP contribution in [0.15, 0.2) is 30.3 Å². The number of hydrogen-bond donors (Lipinski definition) is 2. The molecule has 0 saturated carbocycles. The number of benzene rings is 1. The van der Waals surface area contributed by atoms with Gasteiger partial charge in [0.2, 0.25) is 0 Å². The van der Waals surface area contributed by atoms with Crippen LogP contribution in [0.1, 0.15) is 25.5 Å². The van der Waals surface area contributed by atoms with Crippen LogP contribution in [-0.2, 0) is 0 Å². The summed E-state index contributed by atoms with van der Waals surface area (Å²) in [6.07, 6.45) is 0. The monoisotopic (exact) mass is 182 g/mol. The van der Waals surface area contributed by atoms with E-state index < -0.39 is 4.81 Å². The Morgan fingerprint density at radius 2 is 1.77 bits per heavy atom. The van der Waals surface area contributed by atoms with Gasteiger partial charge in [-0.3, -0.25) is 0 Å². The van der Waals surface area contributed by atoms with Crippen molar-refractivity contribution in [2.45, 2.75) is 19.9 Å². The highest BCUT2D eigenvalue weighted by atomic mass is 16.8. The van der Waals surface area contributed by atoms with Crippen molar-refractivity contribution in [1.29, 1.82) is 0 Å². The Bertz CT molecular complexity index is 259. The van der Waals surface area contributed by atoms with Gasteiger partial charge in [-0.05, 0) is 18.7 Å². The number of rotatable bonds is 3. The molecule has 0 aliphatic carbocycles. The van der Waals surface area contributed by atoms with E-state index in [2.05, 4.69) is 0 Å². The Labute approximate surface area is 78.4 Å². The minimum atomic E-state index is -0.954. The van der Waals surface area contributed by atoms with Gasteiger partial charge in [-0.1, -0.05) is 30.3 Å². The fourth-order valence-corrected chi connectivity index (χ4v) is 1.24. The Hall–Kier alpha value is -0.900. The van der Waals surface area contributed by atoms with E-state index in [0.717, 1.165) is 5.56 Å². The molecule has 0 spiro atoms. The summed E-state index contributed by atoms with van der Waals surface area (Å²) in [4.78, 5) is -0.954. The van der Waals surface area contributed by atoms with Gasteiger partial charge >= 0.3 is 0 Å². The third-order valence-corrected chi connectivity index (χ3v) is 2.37. The molecule has 0 saturated heterocycles. The van der Waals surface area contributed by atoms with Gasteiger partial charge in [0.15, 0.2) is 6.04 Å². The number of hydrogen-bond acceptors (Lipinski definition) is 2. The molecule has 13 heavy (non-hydrogen) atoms. The van der Waals surface area contributed by atoms with Crippen LogP contribution in [0.3, 0.4) is 0 Å². The highest BCUT2D eigenvalue weighted by molar-refractivity contribution is 5.16. The zero-order valence-electron chi connectivity index (χ0n) is 8.01. The Morgan fingerprint density at radius 1 is 1.23 bits per heavy atom. The maximum Gasteiger partial charge on any atom is 0.174 e. The van der Waals surface area contributed by atoms with Crippen molar-refractivity contribution in [3.05, 3.63) is 35.9 Å². The first-order chi connectivity index (χ1) is 6.08. The van der Waals surface area contributed by atoms with E-state index in [0.29, 0.717) is 0 Å². The van der Waals surface area contributed by atoms with Gasteiger partial charge in [0, 0.05) is 5.56 Å². The summed E-state index contributed by atoms with van der Waals surface area (Å²) in [5.74, 6) is 0. The van der Waals surface area contributed by atoms with Crippen molar-refractivity contribution in [3.8, 4) is 0 Å². The third kappa shape index (κ3) is 2.28. The predicted molar refractivity (Wildman–Crippen MR) is 49.2 cm³/mol. The second kappa shape index (κ2) is 3.87. The summed E-state index contributed by atoms with van der Waals surface area (Å²) < 4.78 is 0. The van der Waals surface area contributed by atoms with Crippen LogP contribution in [-0.4, -0.2) is 21.8 Å². The van der Waals surface area contributed by atoms with Crippen LogP contribution in [0.5, 0.6) is 0 Å². The molecule has 3 heteroatoms. The molecule has 72 valence electrons. The topological polar surface area (TPSA) is 40.5 Å². The van der Waals surface area contributed by atoms with Gasteiger partial charge in [-0.15, -0.1) is 0 Å². The molecule has 3 nitrogen and oxygen atoms in total. The van der Waals surface area contributed by atoms with Crippen molar-refractivity contribution in [2.24, 2.45) is 0 Å². The van der Waals surface area contributed by atoms with Gasteiger partial charge in [-0.25, -0.2) is 0 Å². The van der Waals surface area contributed by atoms with E-state index in [1.165, 1.54) is 0 Å². The van der Waals surface area contributed by atoms with Crippen molar-refractivity contribution in [1.82, 2.24) is 0 Å². The molecule has 0 bridgehead atoms. The van der Waals surface area contributed by atoms with Crippen LogP contribution >= 0.6 is 0 Å². The largest absolute Gasteiger partial charge is 0.182 e. The molecule has 1 atom stereocenters. The fourth-order valence-electron chi connectivity index (χ4n) is 1.24. The second-order valence-corrected chi connectivity index (χ2v) is 3.19. The highest BCUT2D eigenvalue weighted by Gasteiger charge is 2.30. The molecule has 0 aromatic heterocycles. The minimum Gasteiger partial charge on any atom is -0.182 e. The van der Waals surface area contributed by atoms with Crippen LogP contribution in [0.25, 0.3) is 0 Å². The van der Waals surface area contributed by atoms with Crippen molar-refractivity contribution in [3.63, 3.8) is 0 Å². The Kier molecular flexibility index (Phi) is 3.03. The molecule has 1 aromatic rings. The van der Waals surface area contributed by atoms with Crippen LogP contribution in [0.2, 0.25) is 0 Å². The lowest BCUT2D eigenvalue weighted by Gasteiger charge is -2.26. The first kappa shape index (κ1) is 10.2. The van der Waals surface area contributed by atoms with Gasteiger partial charge in [0.1, 0.15) is 6.54 Å². The molecule has 0 aliphatic heterocycles. The van der Waals surface area contributed by atoms with E-state index >= 15 is 0 Å². The van der Waals surface area contributed by atoms with Crippen molar-refractivity contribution in [2.75, 3.05) is 6.54 Å². The van der Waals surface area contributed by atoms with Crippen LogP contribution in [0, 0.1) is 0 Å². The summed E-state index contributed by atoms with van der Waals surface area (Å²) in [7, 11) is 0. The number of nitrogens with zero attached hydrogens (tertiary/aromatic N) is 1. The molecule has 1 unspecified atom stereocenters. The van der Waals surface area contributed by atoms with Crippen LogP contribution < -0.4 is 0 Å². The van der Waals surface area contributed by atoms with E-state index in [1.54, 1.807) is 13.8 Å². The maximum atomic E-state index is 9.54. The maximum absolute atomic E-state index is 9.54. The summed E-state index contributed by atoms with van der Waals surface area (Å²) in [6.45, 7) is 3.80. The quantitative estimate of drug-likeness (QED) is 0.556. The summed E-state index contributed by atoms with van der Waals surface area (Å²) >= 11 is 0. The van der Waals surface area contributed by atoms with Crippen molar-refractivity contribution < 1.29 is 15.2 Å². The molecular weight excluding hydrogens is 166 g/mol. The first-order valence-electron chi connectivity index (χ1n) is 4.46. The van der Waals surface area contributed by atoms with Gasteiger partial charge in [0.25, 0.3) is 0 Å². The molecule has 0 amide bonds. The zero-order chi connectivity index (χ0) is 9.90.